The van der Waals surface area contributed by atoms with Crippen molar-refractivity contribution in [1.82, 2.24) is 23.7 Å². The zero-order valence-corrected chi connectivity index (χ0v) is 47.6. The van der Waals surface area contributed by atoms with E-state index in [1.54, 1.807) is 0 Å². The zero-order chi connectivity index (χ0) is 57.8. The van der Waals surface area contributed by atoms with E-state index in [1.165, 1.54) is 54.8 Å². The van der Waals surface area contributed by atoms with E-state index in [1.807, 2.05) is 12.1 Å². The van der Waals surface area contributed by atoms with Crippen LogP contribution in [-0.4, -0.2) is 23.7 Å². The van der Waals surface area contributed by atoms with Crippen LogP contribution < -0.4 is 0 Å². The SMILES string of the molecule is c1ccc(-c2cc(-c3ccccc3)cc(-c3cccc(-c4cc(-c5cccc(-n6c7ccccc7c7cc(-c8ccc9c(c8)c8ccccc8n9-c8ccccc8)ccc76)c5)nc(-n5c6ccccc6c6c7oc8ccccc8c7ccc65)n4)c3)c2)cc1. The molecule has 18 aromatic rings. The smallest absolute Gasteiger partial charge is 0.235 e. The molecule has 13 aromatic carbocycles. The highest BCUT2D eigenvalue weighted by Crippen LogP contribution is 2.43. The Morgan fingerprint density at radius 2 is 0.648 bits per heavy atom. The van der Waals surface area contributed by atoms with Gasteiger partial charge in [-0.25, -0.2) is 9.97 Å². The Morgan fingerprint density at radius 3 is 1.27 bits per heavy atom. The predicted octanol–water partition coefficient (Wildman–Crippen LogP) is 21.7. The molecule has 0 aliphatic rings. The molecule has 0 amide bonds. The van der Waals surface area contributed by atoms with Crippen LogP contribution in [0.1, 0.15) is 0 Å². The van der Waals surface area contributed by atoms with Crippen molar-refractivity contribution in [2.75, 3.05) is 0 Å². The van der Waals surface area contributed by atoms with Gasteiger partial charge in [0.05, 0.1) is 49.9 Å². The fraction of sp³-hybridized carbons (Fsp3) is 0. The first kappa shape index (κ1) is 49.6. The number of benzene rings is 13. The molecule has 0 bridgehead atoms. The summed E-state index contributed by atoms with van der Waals surface area (Å²) in [6.45, 7) is 0. The minimum atomic E-state index is 0.564. The third-order valence-electron chi connectivity index (χ3n) is 17.8. The van der Waals surface area contributed by atoms with Gasteiger partial charge in [-0.1, -0.05) is 194 Å². The van der Waals surface area contributed by atoms with Gasteiger partial charge in [-0.05, 0) is 160 Å². The van der Waals surface area contributed by atoms with Crippen LogP contribution in [0.2, 0.25) is 0 Å². The van der Waals surface area contributed by atoms with Gasteiger partial charge in [-0.3, -0.25) is 4.57 Å². The van der Waals surface area contributed by atoms with Crippen molar-refractivity contribution in [1.29, 1.82) is 0 Å². The summed E-state index contributed by atoms with van der Waals surface area (Å²) in [4.78, 5) is 11.2. The van der Waals surface area contributed by atoms with E-state index in [-0.39, 0.29) is 0 Å². The lowest BCUT2D eigenvalue weighted by atomic mass is 9.92. The first-order valence-corrected chi connectivity index (χ1v) is 29.9. The van der Waals surface area contributed by atoms with Crippen LogP contribution in [0.4, 0.5) is 0 Å². The first-order chi connectivity index (χ1) is 43.6. The van der Waals surface area contributed by atoms with Crippen LogP contribution in [0.15, 0.2) is 314 Å². The van der Waals surface area contributed by atoms with Crippen LogP contribution in [0.3, 0.4) is 0 Å². The van der Waals surface area contributed by atoms with E-state index in [0.717, 1.165) is 111 Å². The molecule has 6 heteroatoms. The van der Waals surface area contributed by atoms with E-state index in [2.05, 4.69) is 311 Å². The number of hydrogen-bond acceptors (Lipinski definition) is 3. The second kappa shape index (κ2) is 19.9. The van der Waals surface area contributed by atoms with E-state index in [0.29, 0.717) is 5.95 Å². The van der Waals surface area contributed by atoms with Crippen LogP contribution in [0.25, 0.3) is 172 Å². The molecule has 410 valence electrons. The van der Waals surface area contributed by atoms with Crippen molar-refractivity contribution in [2.45, 2.75) is 0 Å². The lowest BCUT2D eigenvalue weighted by Gasteiger charge is -2.14. The van der Waals surface area contributed by atoms with Gasteiger partial charge in [0.25, 0.3) is 0 Å². The number of furan rings is 1. The fourth-order valence-electron chi connectivity index (χ4n) is 13.8. The molecule has 0 aliphatic heterocycles. The largest absolute Gasteiger partial charge is 0.455 e. The minimum Gasteiger partial charge on any atom is -0.455 e. The predicted molar refractivity (Wildman–Crippen MR) is 365 cm³/mol. The Hall–Kier alpha value is -11.9. The molecule has 18 rings (SSSR count). The molecule has 0 saturated heterocycles. The molecule has 0 fully saturated rings. The van der Waals surface area contributed by atoms with Gasteiger partial charge in [0.1, 0.15) is 11.2 Å². The zero-order valence-electron chi connectivity index (χ0n) is 47.6. The Balaban J connectivity index is 0.807. The van der Waals surface area contributed by atoms with Crippen molar-refractivity contribution in [3.05, 3.63) is 309 Å². The maximum absolute atomic E-state index is 6.76. The van der Waals surface area contributed by atoms with Gasteiger partial charge >= 0.3 is 0 Å². The van der Waals surface area contributed by atoms with Crippen LogP contribution in [0, 0.1) is 0 Å². The molecular formula is C82H51N5O. The number of rotatable bonds is 9. The Morgan fingerprint density at radius 1 is 0.227 bits per heavy atom. The average molecular weight is 1120 g/mol. The maximum atomic E-state index is 6.76. The lowest BCUT2D eigenvalue weighted by Crippen LogP contribution is -2.04. The molecule has 0 radical (unpaired) electrons. The Kier molecular flexibility index (Phi) is 11.2. The molecule has 0 aliphatic carbocycles. The molecule has 0 saturated carbocycles. The number of aromatic nitrogens is 5. The van der Waals surface area contributed by atoms with Crippen LogP contribution in [0.5, 0.6) is 0 Å². The summed E-state index contributed by atoms with van der Waals surface area (Å²) in [5.74, 6) is 0.564. The number of nitrogens with zero attached hydrogens (tertiary/aromatic N) is 5. The maximum Gasteiger partial charge on any atom is 0.235 e. The molecule has 5 heterocycles. The summed E-state index contributed by atoms with van der Waals surface area (Å²) < 4.78 is 13.8. The van der Waals surface area contributed by atoms with Gasteiger partial charge in [0, 0.05) is 60.2 Å². The lowest BCUT2D eigenvalue weighted by molar-refractivity contribution is 0.673. The van der Waals surface area contributed by atoms with Gasteiger partial charge in [-0.2, -0.15) is 0 Å². The van der Waals surface area contributed by atoms with Crippen LogP contribution in [-0.2, 0) is 0 Å². The third kappa shape index (κ3) is 7.97. The molecule has 88 heavy (non-hydrogen) atoms. The second-order valence-electron chi connectivity index (χ2n) is 22.9. The second-order valence-corrected chi connectivity index (χ2v) is 22.9. The number of fused-ring (bicyclic) bond motifs is 13. The number of hydrogen-bond donors (Lipinski definition) is 0. The monoisotopic (exact) mass is 1120 g/mol. The molecule has 0 atom stereocenters. The molecule has 0 unspecified atom stereocenters. The minimum absolute atomic E-state index is 0.564. The van der Waals surface area contributed by atoms with E-state index >= 15 is 0 Å². The van der Waals surface area contributed by atoms with Crippen molar-refractivity contribution >= 4 is 87.4 Å². The fourth-order valence-corrected chi connectivity index (χ4v) is 13.8. The van der Waals surface area contributed by atoms with E-state index in [9.17, 15) is 0 Å². The highest BCUT2D eigenvalue weighted by atomic mass is 16.3. The average Bonchev–Trinajstić information content (AvgIpc) is 1.91. The third-order valence-corrected chi connectivity index (χ3v) is 17.8. The summed E-state index contributed by atoms with van der Waals surface area (Å²) >= 11 is 0. The highest BCUT2D eigenvalue weighted by molar-refractivity contribution is 6.24. The molecule has 0 N–H and O–H groups in total. The van der Waals surface area contributed by atoms with Crippen LogP contribution >= 0.6 is 0 Å². The molecular weight excluding hydrogens is 1070 g/mol. The quantitative estimate of drug-likeness (QED) is 0.145. The molecule has 6 nitrogen and oxygen atoms in total. The molecule has 5 aromatic heterocycles. The summed E-state index contributed by atoms with van der Waals surface area (Å²) in [6.07, 6.45) is 0. The van der Waals surface area contributed by atoms with Gasteiger partial charge < -0.3 is 13.6 Å². The van der Waals surface area contributed by atoms with Crippen molar-refractivity contribution < 1.29 is 4.42 Å². The van der Waals surface area contributed by atoms with Gasteiger partial charge in [-0.15, -0.1) is 0 Å². The standard InChI is InChI=1S/C82H51N5O/c1-4-20-52(21-5-1)59-45-60(53-22-6-2-7-23-53)47-61(46-59)54-24-18-25-57(44-54)71-51-72(84-82(83-71)87-75-36-16-12-33-68(75)80-78(87)43-40-67-66-32-13-17-37-79(66)88-81(67)80)58-26-19-29-63(48-58)86-74-35-15-11-31-65(74)70-50-56(39-42-77(70)86)55-38-41-76-69(49-55)64-30-10-14-34-73(64)85(76)62-27-8-3-9-28-62/h1-51H. The first-order valence-electron chi connectivity index (χ1n) is 29.9. The normalized spacial score (nSPS) is 11.9. The van der Waals surface area contributed by atoms with Crippen molar-refractivity contribution in [3.8, 4) is 84.3 Å². The topological polar surface area (TPSA) is 53.7 Å². The van der Waals surface area contributed by atoms with E-state index in [4.69, 9.17) is 14.4 Å². The number of para-hydroxylation sites is 5. The van der Waals surface area contributed by atoms with Gasteiger partial charge in [0.15, 0.2) is 0 Å². The van der Waals surface area contributed by atoms with E-state index < -0.39 is 0 Å². The van der Waals surface area contributed by atoms with Crippen molar-refractivity contribution in [3.63, 3.8) is 0 Å². The summed E-state index contributed by atoms with van der Waals surface area (Å²) in [7, 11) is 0. The van der Waals surface area contributed by atoms with Gasteiger partial charge in [0.2, 0.25) is 5.95 Å². The Bertz CT molecular complexity index is 5750. The summed E-state index contributed by atoms with van der Waals surface area (Å²) in [5.41, 5.74) is 23.2. The Labute approximate surface area is 506 Å². The summed E-state index contributed by atoms with van der Waals surface area (Å²) in [6, 6.07) is 111. The highest BCUT2D eigenvalue weighted by Gasteiger charge is 2.23. The summed E-state index contributed by atoms with van der Waals surface area (Å²) in [5, 5.41) is 9.11. The van der Waals surface area contributed by atoms with Crippen molar-refractivity contribution in [2.24, 2.45) is 0 Å². The molecule has 0 spiro atoms.